The van der Waals surface area contributed by atoms with Crippen LogP contribution in [-0.4, -0.2) is 35.5 Å². The molecule has 3 rings (SSSR count). The third-order valence-electron chi connectivity index (χ3n) is 4.26. The molecule has 0 bridgehead atoms. The monoisotopic (exact) mass is 406 g/mol. The number of hydrogen-bond donors (Lipinski definition) is 0. The smallest absolute Gasteiger partial charge is 0.239 e. The van der Waals surface area contributed by atoms with Gasteiger partial charge in [0.15, 0.2) is 28.6 Å². The van der Waals surface area contributed by atoms with Gasteiger partial charge in [-0.25, -0.2) is 0 Å². The summed E-state index contributed by atoms with van der Waals surface area (Å²) in [6, 6.07) is 7.04. The predicted octanol–water partition coefficient (Wildman–Crippen LogP) is 4.16. The van der Waals surface area contributed by atoms with Crippen molar-refractivity contribution in [2.45, 2.75) is 0 Å². The summed E-state index contributed by atoms with van der Waals surface area (Å²) in [5, 5.41) is 0.225. The fraction of sp³-hybridized carbons (Fsp3) is 0.250. The van der Waals surface area contributed by atoms with Gasteiger partial charge in [-0.15, -0.1) is 0 Å². The van der Waals surface area contributed by atoms with E-state index in [0.29, 0.717) is 11.3 Å². The molecule has 0 saturated heterocycles. The molecule has 0 aliphatic rings. The van der Waals surface area contributed by atoms with Crippen LogP contribution in [0, 0.1) is 0 Å². The Kier molecular flexibility index (Phi) is 5.56. The highest BCUT2D eigenvalue weighted by Crippen LogP contribution is 2.49. The summed E-state index contributed by atoms with van der Waals surface area (Å²) in [4.78, 5) is 13.3. The molecule has 0 unspecified atom stereocenters. The van der Waals surface area contributed by atoms with Gasteiger partial charge in [0.25, 0.3) is 0 Å². The molecule has 28 heavy (non-hydrogen) atoms. The van der Waals surface area contributed by atoms with Crippen LogP contribution in [0.4, 0.5) is 0 Å². The Morgan fingerprint density at radius 2 is 1.46 bits per heavy atom. The minimum Gasteiger partial charge on any atom is -0.497 e. The van der Waals surface area contributed by atoms with E-state index in [0.717, 1.165) is 0 Å². The molecule has 1 heterocycles. The molecule has 0 N–H and O–H groups in total. The largest absolute Gasteiger partial charge is 0.497 e. The summed E-state index contributed by atoms with van der Waals surface area (Å²) in [5.74, 6) is 1.26. The Morgan fingerprint density at radius 3 is 2.04 bits per heavy atom. The standard InChI is InChI=1S/C20H19ClO7/c1-23-11-8-6-7-10(9-11)15-20(27-5)14(22)12-16(24-2)18(25-3)13(21)19(26-4)17(12)28-15/h6-9H,1-5H3. The van der Waals surface area contributed by atoms with E-state index in [1.807, 2.05) is 0 Å². The van der Waals surface area contributed by atoms with Crippen molar-refractivity contribution in [1.82, 2.24) is 0 Å². The zero-order chi connectivity index (χ0) is 20.4. The summed E-state index contributed by atoms with van der Waals surface area (Å²) < 4.78 is 32.8. The Hall–Kier alpha value is -3.06. The van der Waals surface area contributed by atoms with Crippen molar-refractivity contribution >= 4 is 22.6 Å². The van der Waals surface area contributed by atoms with Crippen LogP contribution in [-0.2, 0) is 0 Å². The van der Waals surface area contributed by atoms with Crippen molar-refractivity contribution < 1.29 is 28.1 Å². The van der Waals surface area contributed by atoms with E-state index in [4.69, 9.17) is 39.7 Å². The number of rotatable bonds is 6. The summed E-state index contributed by atoms with van der Waals surface area (Å²) >= 11 is 6.40. The third-order valence-corrected chi connectivity index (χ3v) is 4.60. The van der Waals surface area contributed by atoms with Gasteiger partial charge >= 0.3 is 0 Å². The number of hydrogen-bond acceptors (Lipinski definition) is 7. The SMILES string of the molecule is COc1cccc(-c2oc3c(OC)c(Cl)c(OC)c(OC)c3c(=O)c2OC)c1. The molecule has 0 aliphatic carbocycles. The molecule has 0 saturated carbocycles. The molecule has 0 spiro atoms. The molecule has 0 amide bonds. The first-order valence-electron chi connectivity index (χ1n) is 8.18. The van der Waals surface area contributed by atoms with E-state index in [1.165, 1.54) is 28.4 Å². The van der Waals surface area contributed by atoms with Crippen LogP contribution in [0.15, 0.2) is 33.5 Å². The van der Waals surface area contributed by atoms with Gasteiger partial charge in [0.05, 0.1) is 35.5 Å². The molecule has 7 nitrogen and oxygen atoms in total. The average Bonchev–Trinajstić information content (AvgIpc) is 2.72. The second kappa shape index (κ2) is 7.90. The zero-order valence-electron chi connectivity index (χ0n) is 16.0. The van der Waals surface area contributed by atoms with Gasteiger partial charge in [0.1, 0.15) is 16.2 Å². The summed E-state index contributed by atoms with van der Waals surface area (Å²) in [5.41, 5.74) is 0.253. The molecule has 8 heteroatoms. The zero-order valence-corrected chi connectivity index (χ0v) is 16.8. The highest BCUT2D eigenvalue weighted by molar-refractivity contribution is 6.35. The molecule has 1 aromatic heterocycles. The van der Waals surface area contributed by atoms with E-state index in [-0.39, 0.29) is 44.8 Å². The van der Waals surface area contributed by atoms with Crippen molar-refractivity contribution in [1.29, 1.82) is 0 Å². The van der Waals surface area contributed by atoms with Gasteiger partial charge in [-0.1, -0.05) is 23.7 Å². The van der Waals surface area contributed by atoms with Gasteiger partial charge in [-0.3, -0.25) is 4.79 Å². The first-order valence-corrected chi connectivity index (χ1v) is 8.56. The lowest BCUT2D eigenvalue weighted by Gasteiger charge is -2.17. The van der Waals surface area contributed by atoms with Crippen LogP contribution in [0.3, 0.4) is 0 Å². The molecule has 0 aliphatic heterocycles. The molecule has 148 valence electrons. The molecule has 0 fully saturated rings. The summed E-state index contributed by atoms with van der Waals surface area (Å²) in [6.45, 7) is 0. The van der Waals surface area contributed by atoms with Crippen molar-refractivity contribution in [3.63, 3.8) is 0 Å². The Balaban J connectivity index is 2.51. The van der Waals surface area contributed by atoms with Crippen molar-refractivity contribution in [2.24, 2.45) is 0 Å². The maximum absolute atomic E-state index is 13.3. The predicted molar refractivity (Wildman–Crippen MR) is 106 cm³/mol. The molecular formula is C20H19ClO7. The van der Waals surface area contributed by atoms with Crippen molar-refractivity contribution in [2.75, 3.05) is 35.5 Å². The minimum atomic E-state index is -0.452. The highest BCUT2D eigenvalue weighted by Gasteiger charge is 2.28. The fourth-order valence-corrected chi connectivity index (χ4v) is 3.33. The first-order chi connectivity index (χ1) is 13.5. The lowest BCUT2D eigenvalue weighted by Crippen LogP contribution is -2.10. The number of fused-ring (bicyclic) bond motifs is 1. The van der Waals surface area contributed by atoms with E-state index >= 15 is 0 Å². The highest BCUT2D eigenvalue weighted by atomic mass is 35.5. The maximum Gasteiger partial charge on any atom is 0.239 e. The van der Waals surface area contributed by atoms with E-state index in [2.05, 4.69) is 0 Å². The number of halogens is 1. The van der Waals surface area contributed by atoms with Crippen LogP contribution >= 0.6 is 11.6 Å². The number of ether oxygens (including phenoxy) is 5. The third kappa shape index (κ3) is 2.97. The maximum atomic E-state index is 13.3. The number of methoxy groups -OCH3 is 5. The molecular weight excluding hydrogens is 388 g/mol. The van der Waals surface area contributed by atoms with E-state index in [9.17, 15) is 4.79 Å². The van der Waals surface area contributed by atoms with Gasteiger partial charge in [-0.05, 0) is 12.1 Å². The normalized spacial score (nSPS) is 10.6. The van der Waals surface area contributed by atoms with Gasteiger partial charge in [0.2, 0.25) is 11.2 Å². The minimum absolute atomic E-state index is 0.00508. The Bertz CT molecular complexity index is 1090. The lowest BCUT2D eigenvalue weighted by molar-refractivity contribution is 0.350. The van der Waals surface area contributed by atoms with Crippen LogP contribution < -0.4 is 29.1 Å². The molecule has 2 aromatic carbocycles. The van der Waals surface area contributed by atoms with E-state index in [1.54, 1.807) is 31.4 Å². The quantitative estimate of drug-likeness (QED) is 0.608. The van der Waals surface area contributed by atoms with Crippen LogP contribution in [0.25, 0.3) is 22.3 Å². The second-order valence-corrected chi connectivity index (χ2v) is 6.02. The molecule has 3 aromatic rings. The average molecular weight is 407 g/mol. The Morgan fingerprint density at radius 1 is 0.821 bits per heavy atom. The summed E-state index contributed by atoms with van der Waals surface area (Å²) in [6.07, 6.45) is 0. The molecule has 0 atom stereocenters. The first kappa shape index (κ1) is 19.7. The van der Waals surface area contributed by atoms with E-state index < -0.39 is 5.43 Å². The Labute approximate surface area is 166 Å². The van der Waals surface area contributed by atoms with Crippen LogP contribution in [0.5, 0.6) is 28.7 Å². The molecule has 0 radical (unpaired) electrons. The second-order valence-electron chi connectivity index (χ2n) is 5.64. The fourth-order valence-electron chi connectivity index (χ4n) is 3.00. The van der Waals surface area contributed by atoms with Gasteiger partial charge < -0.3 is 28.1 Å². The lowest BCUT2D eigenvalue weighted by atomic mass is 10.1. The van der Waals surface area contributed by atoms with Crippen LogP contribution in [0.2, 0.25) is 5.02 Å². The summed E-state index contributed by atoms with van der Waals surface area (Å²) in [7, 11) is 7.17. The topological polar surface area (TPSA) is 76.4 Å². The van der Waals surface area contributed by atoms with Crippen molar-refractivity contribution in [3.05, 3.63) is 39.5 Å². The number of benzene rings is 2. The van der Waals surface area contributed by atoms with Gasteiger partial charge in [0, 0.05) is 5.56 Å². The van der Waals surface area contributed by atoms with Crippen LogP contribution in [0.1, 0.15) is 0 Å². The van der Waals surface area contributed by atoms with Crippen molar-refractivity contribution in [3.8, 4) is 40.1 Å². The van der Waals surface area contributed by atoms with Gasteiger partial charge in [-0.2, -0.15) is 0 Å².